The SMILES string of the molecule is COc1ccc(CNC(=O)[C@@H]2Cc3ccccc3C[NH2+]2)cc1OC. The topological polar surface area (TPSA) is 64.2 Å². The second-order valence-electron chi connectivity index (χ2n) is 5.93. The van der Waals surface area contributed by atoms with Gasteiger partial charge in [-0.15, -0.1) is 0 Å². The van der Waals surface area contributed by atoms with E-state index < -0.39 is 0 Å². The number of hydrogen-bond acceptors (Lipinski definition) is 3. The van der Waals surface area contributed by atoms with E-state index in [9.17, 15) is 4.79 Å². The van der Waals surface area contributed by atoms with Crippen LogP contribution in [0.15, 0.2) is 42.5 Å². The summed E-state index contributed by atoms with van der Waals surface area (Å²) in [6.07, 6.45) is 0.772. The fourth-order valence-electron chi connectivity index (χ4n) is 3.06. The molecule has 3 N–H and O–H groups in total. The number of carbonyl (C=O) groups excluding carboxylic acids is 1. The highest BCUT2D eigenvalue weighted by Crippen LogP contribution is 2.27. The summed E-state index contributed by atoms with van der Waals surface area (Å²) in [6.45, 7) is 1.33. The molecule has 0 spiro atoms. The van der Waals surface area contributed by atoms with E-state index in [1.54, 1.807) is 14.2 Å². The number of quaternary nitrogens is 1. The van der Waals surface area contributed by atoms with Crippen LogP contribution in [-0.4, -0.2) is 26.2 Å². The summed E-state index contributed by atoms with van der Waals surface area (Å²) in [5.41, 5.74) is 3.57. The smallest absolute Gasteiger partial charge is 0.278 e. The predicted molar refractivity (Wildman–Crippen MR) is 91.0 cm³/mol. The molecule has 2 aromatic rings. The third kappa shape index (κ3) is 3.51. The highest BCUT2D eigenvalue weighted by atomic mass is 16.5. The van der Waals surface area contributed by atoms with Crippen LogP contribution in [0.25, 0.3) is 0 Å². The molecule has 1 aliphatic heterocycles. The third-order valence-corrected chi connectivity index (χ3v) is 4.43. The van der Waals surface area contributed by atoms with Crippen molar-refractivity contribution in [2.75, 3.05) is 14.2 Å². The Labute approximate surface area is 142 Å². The molecule has 1 heterocycles. The van der Waals surface area contributed by atoms with Gasteiger partial charge in [0, 0.05) is 18.5 Å². The van der Waals surface area contributed by atoms with Gasteiger partial charge in [0.2, 0.25) is 0 Å². The van der Waals surface area contributed by atoms with Crippen molar-refractivity contribution >= 4 is 5.91 Å². The van der Waals surface area contributed by atoms with Gasteiger partial charge in [0.25, 0.3) is 5.91 Å². The normalized spacial score (nSPS) is 16.2. The van der Waals surface area contributed by atoms with Crippen LogP contribution in [0.5, 0.6) is 11.5 Å². The zero-order valence-electron chi connectivity index (χ0n) is 14.0. The molecule has 0 unspecified atom stereocenters. The van der Waals surface area contributed by atoms with Crippen molar-refractivity contribution in [3.63, 3.8) is 0 Å². The minimum absolute atomic E-state index is 0.0688. The third-order valence-electron chi connectivity index (χ3n) is 4.43. The summed E-state index contributed by atoms with van der Waals surface area (Å²) < 4.78 is 10.5. The molecule has 0 fully saturated rings. The molecule has 24 heavy (non-hydrogen) atoms. The highest BCUT2D eigenvalue weighted by molar-refractivity contribution is 5.80. The quantitative estimate of drug-likeness (QED) is 0.861. The Hall–Kier alpha value is -2.53. The Bertz CT molecular complexity index is 730. The molecule has 0 bridgehead atoms. The molecule has 5 heteroatoms. The monoisotopic (exact) mass is 327 g/mol. The van der Waals surface area contributed by atoms with Gasteiger partial charge in [0.15, 0.2) is 17.5 Å². The lowest BCUT2D eigenvalue weighted by Crippen LogP contribution is -2.93. The fraction of sp³-hybridized carbons (Fsp3) is 0.316. The minimum atomic E-state index is -0.0694. The summed E-state index contributed by atoms with van der Waals surface area (Å²) >= 11 is 0. The average Bonchev–Trinajstić information content (AvgIpc) is 2.65. The van der Waals surface area contributed by atoms with E-state index in [0.717, 1.165) is 18.5 Å². The molecular formula is C19H23N2O3+. The van der Waals surface area contributed by atoms with E-state index in [1.165, 1.54) is 11.1 Å². The summed E-state index contributed by atoms with van der Waals surface area (Å²) in [5.74, 6) is 1.42. The van der Waals surface area contributed by atoms with E-state index in [-0.39, 0.29) is 11.9 Å². The molecule has 2 aromatic carbocycles. The van der Waals surface area contributed by atoms with Gasteiger partial charge in [0.05, 0.1) is 14.2 Å². The average molecular weight is 327 g/mol. The second kappa shape index (κ2) is 7.36. The van der Waals surface area contributed by atoms with E-state index in [4.69, 9.17) is 9.47 Å². The molecule has 5 nitrogen and oxygen atoms in total. The Morgan fingerprint density at radius 1 is 1.12 bits per heavy atom. The number of amides is 1. The maximum Gasteiger partial charge on any atom is 0.278 e. The van der Waals surface area contributed by atoms with Gasteiger partial charge in [0.1, 0.15) is 6.54 Å². The maximum atomic E-state index is 12.5. The lowest BCUT2D eigenvalue weighted by atomic mass is 9.95. The Morgan fingerprint density at radius 3 is 2.62 bits per heavy atom. The summed E-state index contributed by atoms with van der Waals surface area (Å²) in [7, 11) is 3.21. The molecular weight excluding hydrogens is 304 g/mol. The van der Waals surface area contributed by atoms with Crippen LogP contribution in [0.4, 0.5) is 0 Å². The van der Waals surface area contributed by atoms with Gasteiger partial charge in [-0.3, -0.25) is 4.79 Å². The van der Waals surface area contributed by atoms with E-state index in [1.807, 2.05) is 30.3 Å². The molecule has 1 amide bonds. The highest BCUT2D eigenvalue weighted by Gasteiger charge is 2.27. The molecule has 0 aliphatic carbocycles. The van der Waals surface area contributed by atoms with E-state index in [2.05, 4.69) is 22.8 Å². The van der Waals surface area contributed by atoms with Gasteiger partial charge in [-0.2, -0.15) is 0 Å². The number of rotatable bonds is 5. The van der Waals surface area contributed by atoms with Crippen molar-refractivity contribution in [2.45, 2.75) is 25.6 Å². The lowest BCUT2D eigenvalue weighted by Gasteiger charge is -2.22. The number of ether oxygens (including phenoxy) is 2. The van der Waals surface area contributed by atoms with Gasteiger partial charge >= 0.3 is 0 Å². The fourth-order valence-corrected chi connectivity index (χ4v) is 3.06. The van der Waals surface area contributed by atoms with Crippen molar-refractivity contribution < 1.29 is 19.6 Å². The number of benzene rings is 2. The van der Waals surface area contributed by atoms with Gasteiger partial charge < -0.3 is 20.1 Å². The molecule has 1 atom stereocenters. The molecule has 126 valence electrons. The van der Waals surface area contributed by atoms with Crippen LogP contribution in [-0.2, 0) is 24.3 Å². The van der Waals surface area contributed by atoms with Crippen molar-refractivity contribution in [2.24, 2.45) is 0 Å². The number of carbonyl (C=O) groups is 1. The number of fused-ring (bicyclic) bond motifs is 1. The van der Waals surface area contributed by atoms with E-state index in [0.29, 0.717) is 18.0 Å². The first-order valence-corrected chi connectivity index (χ1v) is 8.10. The van der Waals surface area contributed by atoms with Crippen molar-refractivity contribution in [1.29, 1.82) is 0 Å². The van der Waals surface area contributed by atoms with Crippen LogP contribution in [0.1, 0.15) is 16.7 Å². The number of hydrogen-bond donors (Lipinski definition) is 2. The predicted octanol–water partition coefficient (Wildman–Crippen LogP) is 1.01. The van der Waals surface area contributed by atoms with E-state index >= 15 is 0 Å². The first-order chi connectivity index (χ1) is 11.7. The molecule has 0 saturated carbocycles. The number of nitrogens with two attached hydrogens (primary N) is 1. The van der Waals surface area contributed by atoms with Crippen molar-refractivity contribution in [1.82, 2.24) is 5.32 Å². The molecule has 3 rings (SSSR count). The first-order valence-electron chi connectivity index (χ1n) is 8.10. The van der Waals surface area contributed by atoms with Gasteiger partial charge in [-0.05, 0) is 23.3 Å². The molecule has 0 saturated heterocycles. The summed E-state index contributed by atoms with van der Waals surface area (Å²) in [6, 6.07) is 13.9. The van der Waals surface area contributed by atoms with Crippen molar-refractivity contribution in [3.8, 4) is 11.5 Å². The second-order valence-corrected chi connectivity index (χ2v) is 5.93. The summed E-state index contributed by atoms with van der Waals surface area (Å²) in [4.78, 5) is 12.5. The standard InChI is InChI=1S/C19H22N2O3/c1-23-17-8-7-13(9-18(17)24-2)11-21-19(22)16-10-14-5-3-4-6-15(14)12-20-16/h3-9,16,20H,10-12H2,1-2H3,(H,21,22)/p+1/t16-/m0/s1. The van der Waals surface area contributed by atoms with Gasteiger partial charge in [-0.1, -0.05) is 30.3 Å². The van der Waals surface area contributed by atoms with Crippen LogP contribution in [0.3, 0.4) is 0 Å². The first kappa shape index (κ1) is 16.3. The van der Waals surface area contributed by atoms with Crippen LogP contribution < -0.4 is 20.1 Å². The van der Waals surface area contributed by atoms with Crippen molar-refractivity contribution in [3.05, 3.63) is 59.2 Å². The zero-order chi connectivity index (χ0) is 16.9. The molecule has 0 radical (unpaired) electrons. The van der Waals surface area contributed by atoms with Crippen LogP contribution in [0.2, 0.25) is 0 Å². The Kier molecular flexibility index (Phi) is 5.01. The molecule has 0 aromatic heterocycles. The number of nitrogens with one attached hydrogen (secondary N) is 1. The number of methoxy groups -OCH3 is 2. The van der Waals surface area contributed by atoms with Crippen LogP contribution >= 0.6 is 0 Å². The zero-order valence-corrected chi connectivity index (χ0v) is 14.0. The molecule has 1 aliphatic rings. The largest absolute Gasteiger partial charge is 0.493 e. The summed E-state index contributed by atoms with van der Waals surface area (Å²) in [5, 5.41) is 5.13. The van der Waals surface area contributed by atoms with Crippen LogP contribution in [0, 0.1) is 0 Å². The Balaban J connectivity index is 1.60. The minimum Gasteiger partial charge on any atom is -0.493 e. The maximum absolute atomic E-state index is 12.5. The Morgan fingerprint density at radius 2 is 1.88 bits per heavy atom. The van der Waals surface area contributed by atoms with Gasteiger partial charge in [-0.25, -0.2) is 0 Å². The lowest BCUT2D eigenvalue weighted by molar-refractivity contribution is -0.695.